The molecule has 0 aromatic heterocycles. The molecule has 0 bridgehead atoms. The van der Waals surface area contributed by atoms with Gasteiger partial charge in [-0.05, 0) is 49.6 Å². The molecule has 31 heavy (non-hydrogen) atoms. The molecule has 0 amide bonds. The van der Waals surface area contributed by atoms with Crippen molar-refractivity contribution < 1.29 is 8.42 Å². The molecular formula is C25H24N2O2S2. The first kappa shape index (κ1) is 22.7. The van der Waals surface area contributed by atoms with E-state index in [2.05, 4.69) is 5.32 Å². The van der Waals surface area contributed by atoms with Gasteiger partial charge in [0.1, 0.15) is 11.1 Å². The number of nitrogens with zero attached hydrogens (tertiary/aromatic N) is 1. The normalized spacial score (nSPS) is 12.1. The molecule has 4 nitrogen and oxygen atoms in total. The fourth-order valence-electron chi connectivity index (χ4n) is 3.07. The number of anilines is 1. The maximum absolute atomic E-state index is 13.3. The van der Waals surface area contributed by atoms with Crippen LogP contribution < -0.4 is 5.32 Å². The standard InChI is InChI=1S/C25H24N2O2S2/c1-18-12-14-21(15-13-18)17-30-25(27-24-19(2)8-7-9-20(24)3)23(16-26)31(28,29)22-10-5-4-6-11-22/h4-15,27H,17H2,1-3H3. The Morgan fingerprint density at radius 1 is 0.903 bits per heavy atom. The first-order valence-electron chi connectivity index (χ1n) is 9.79. The van der Waals surface area contributed by atoms with Gasteiger partial charge in [0, 0.05) is 11.4 Å². The van der Waals surface area contributed by atoms with Gasteiger partial charge in [-0.25, -0.2) is 8.42 Å². The summed E-state index contributed by atoms with van der Waals surface area (Å²) < 4.78 is 26.6. The number of nitriles is 1. The van der Waals surface area contributed by atoms with Gasteiger partial charge in [-0.3, -0.25) is 0 Å². The highest BCUT2D eigenvalue weighted by atomic mass is 32.2. The summed E-state index contributed by atoms with van der Waals surface area (Å²) in [5, 5.41) is 13.5. The molecule has 3 rings (SSSR count). The second-order valence-electron chi connectivity index (χ2n) is 7.25. The molecule has 0 radical (unpaired) electrons. The number of hydrogen-bond donors (Lipinski definition) is 1. The lowest BCUT2D eigenvalue weighted by Crippen LogP contribution is -2.11. The van der Waals surface area contributed by atoms with Crippen molar-refractivity contribution in [2.24, 2.45) is 0 Å². The molecule has 0 saturated heterocycles. The van der Waals surface area contributed by atoms with Crippen molar-refractivity contribution in [3.05, 3.63) is 105 Å². The Kier molecular flexibility index (Phi) is 7.21. The van der Waals surface area contributed by atoms with E-state index in [0.29, 0.717) is 10.8 Å². The minimum Gasteiger partial charge on any atom is -0.348 e. The molecule has 6 heteroatoms. The van der Waals surface area contributed by atoms with Gasteiger partial charge in [-0.15, -0.1) is 11.8 Å². The van der Waals surface area contributed by atoms with Crippen molar-refractivity contribution in [3.63, 3.8) is 0 Å². The van der Waals surface area contributed by atoms with Crippen molar-refractivity contribution in [1.29, 1.82) is 5.26 Å². The molecule has 0 aliphatic heterocycles. The number of hydrogen-bond acceptors (Lipinski definition) is 5. The average Bonchev–Trinajstić information content (AvgIpc) is 2.76. The number of nitrogens with one attached hydrogen (secondary N) is 1. The summed E-state index contributed by atoms with van der Waals surface area (Å²) >= 11 is 1.31. The second kappa shape index (κ2) is 9.86. The number of para-hydroxylation sites is 1. The fraction of sp³-hybridized carbons (Fsp3) is 0.160. The van der Waals surface area contributed by atoms with Crippen LogP contribution in [0.25, 0.3) is 0 Å². The van der Waals surface area contributed by atoms with E-state index in [9.17, 15) is 13.7 Å². The molecule has 0 unspecified atom stereocenters. The molecular weight excluding hydrogens is 424 g/mol. The molecule has 0 saturated carbocycles. The van der Waals surface area contributed by atoms with Gasteiger partial charge >= 0.3 is 0 Å². The third kappa shape index (κ3) is 5.38. The first-order valence-corrected chi connectivity index (χ1v) is 12.3. The lowest BCUT2D eigenvalue weighted by Gasteiger charge is -2.17. The number of benzene rings is 3. The molecule has 1 N–H and O–H groups in total. The lowest BCUT2D eigenvalue weighted by molar-refractivity contribution is 0.603. The highest BCUT2D eigenvalue weighted by molar-refractivity contribution is 8.04. The van der Waals surface area contributed by atoms with Crippen LogP contribution in [0.1, 0.15) is 22.3 Å². The van der Waals surface area contributed by atoms with Gasteiger partial charge in [-0.2, -0.15) is 5.26 Å². The van der Waals surface area contributed by atoms with E-state index < -0.39 is 9.84 Å². The fourth-order valence-corrected chi connectivity index (χ4v) is 5.60. The molecule has 0 aliphatic carbocycles. The lowest BCUT2D eigenvalue weighted by atomic mass is 10.1. The van der Waals surface area contributed by atoms with Gasteiger partial charge in [0.05, 0.1) is 4.90 Å². The summed E-state index contributed by atoms with van der Waals surface area (Å²) in [4.78, 5) is -0.179. The largest absolute Gasteiger partial charge is 0.348 e. The minimum absolute atomic E-state index is 0.100. The Hall–Kier alpha value is -3.01. The zero-order chi connectivity index (χ0) is 22.4. The van der Waals surface area contributed by atoms with Crippen LogP contribution in [-0.2, 0) is 15.6 Å². The molecule has 0 fully saturated rings. The van der Waals surface area contributed by atoms with Crippen LogP contribution in [0.3, 0.4) is 0 Å². The van der Waals surface area contributed by atoms with Crippen LogP contribution in [0, 0.1) is 32.1 Å². The third-order valence-corrected chi connectivity index (χ3v) is 7.78. The quantitative estimate of drug-likeness (QED) is 0.441. The Labute approximate surface area is 188 Å². The summed E-state index contributed by atoms with van der Waals surface area (Å²) in [7, 11) is -3.97. The van der Waals surface area contributed by atoms with Crippen molar-refractivity contribution in [3.8, 4) is 6.07 Å². The minimum atomic E-state index is -3.97. The Morgan fingerprint density at radius 2 is 1.52 bits per heavy atom. The Morgan fingerprint density at radius 3 is 2.10 bits per heavy atom. The number of allylic oxidation sites excluding steroid dienone is 1. The number of rotatable bonds is 7. The van der Waals surface area contributed by atoms with Gasteiger partial charge in [0.25, 0.3) is 0 Å². The summed E-state index contributed by atoms with van der Waals surface area (Å²) in [6.07, 6.45) is 0. The van der Waals surface area contributed by atoms with Crippen molar-refractivity contribution >= 4 is 27.3 Å². The van der Waals surface area contributed by atoms with Gasteiger partial charge in [0.15, 0.2) is 4.91 Å². The van der Waals surface area contributed by atoms with Crippen LogP contribution in [0.2, 0.25) is 0 Å². The number of sulfone groups is 1. The molecule has 3 aromatic rings. The van der Waals surface area contributed by atoms with Crippen molar-refractivity contribution in [1.82, 2.24) is 0 Å². The summed E-state index contributed by atoms with van der Waals surface area (Å²) in [6.45, 7) is 5.93. The Balaban J connectivity index is 2.08. The molecule has 0 atom stereocenters. The number of thioether (sulfide) groups is 1. The number of aryl methyl sites for hydroxylation is 3. The van der Waals surface area contributed by atoms with E-state index >= 15 is 0 Å². The molecule has 3 aromatic carbocycles. The highest BCUT2D eigenvalue weighted by Gasteiger charge is 2.26. The summed E-state index contributed by atoms with van der Waals surface area (Å²) in [6, 6.07) is 23.9. The predicted molar refractivity (Wildman–Crippen MR) is 128 cm³/mol. The maximum atomic E-state index is 13.3. The molecule has 0 spiro atoms. The molecule has 158 valence electrons. The topological polar surface area (TPSA) is 70.0 Å². The van der Waals surface area contributed by atoms with Crippen molar-refractivity contribution in [2.75, 3.05) is 5.32 Å². The van der Waals surface area contributed by atoms with Crippen LogP contribution in [0.4, 0.5) is 5.69 Å². The van der Waals surface area contributed by atoms with Crippen LogP contribution in [0.15, 0.2) is 87.6 Å². The average molecular weight is 449 g/mol. The first-order chi connectivity index (χ1) is 14.8. The molecule has 0 aliphatic rings. The van der Waals surface area contributed by atoms with Crippen LogP contribution in [0.5, 0.6) is 0 Å². The van der Waals surface area contributed by atoms with Gasteiger partial charge in [-0.1, -0.05) is 66.2 Å². The predicted octanol–water partition coefficient (Wildman–Crippen LogP) is 6.12. The van der Waals surface area contributed by atoms with E-state index in [-0.39, 0.29) is 9.80 Å². The van der Waals surface area contributed by atoms with E-state index in [1.54, 1.807) is 18.2 Å². The molecule has 0 heterocycles. The summed E-state index contributed by atoms with van der Waals surface area (Å²) in [5.41, 5.74) is 4.96. The highest BCUT2D eigenvalue weighted by Crippen LogP contribution is 2.33. The van der Waals surface area contributed by atoms with E-state index in [1.807, 2.05) is 69.3 Å². The zero-order valence-corrected chi connectivity index (χ0v) is 19.3. The summed E-state index contributed by atoms with van der Waals surface area (Å²) in [5.74, 6) is 0.531. The van der Waals surface area contributed by atoms with Crippen molar-refractivity contribution in [2.45, 2.75) is 31.4 Å². The monoisotopic (exact) mass is 448 g/mol. The maximum Gasteiger partial charge on any atom is 0.219 e. The zero-order valence-electron chi connectivity index (χ0n) is 17.7. The van der Waals surface area contributed by atoms with Crippen LogP contribution >= 0.6 is 11.8 Å². The van der Waals surface area contributed by atoms with E-state index in [0.717, 1.165) is 27.9 Å². The Bertz CT molecular complexity index is 1220. The van der Waals surface area contributed by atoms with Gasteiger partial charge in [0.2, 0.25) is 9.84 Å². The van der Waals surface area contributed by atoms with Gasteiger partial charge < -0.3 is 5.32 Å². The smallest absolute Gasteiger partial charge is 0.219 e. The van der Waals surface area contributed by atoms with E-state index in [1.165, 1.54) is 23.9 Å². The van der Waals surface area contributed by atoms with E-state index in [4.69, 9.17) is 0 Å². The SMILES string of the molecule is Cc1ccc(CSC(Nc2c(C)cccc2C)=C(C#N)S(=O)(=O)c2ccccc2)cc1. The third-order valence-electron chi connectivity index (χ3n) is 4.85. The second-order valence-corrected chi connectivity index (χ2v) is 10.1. The van der Waals surface area contributed by atoms with Crippen LogP contribution in [-0.4, -0.2) is 8.42 Å².